The highest BCUT2D eigenvalue weighted by molar-refractivity contribution is 5.75. The Balaban J connectivity index is 1.92. The Morgan fingerprint density at radius 1 is 1.22 bits per heavy atom. The number of benzene rings is 1. The molecule has 0 fully saturated rings. The van der Waals surface area contributed by atoms with Crippen molar-refractivity contribution in [1.82, 2.24) is 10.6 Å². The van der Waals surface area contributed by atoms with E-state index in [0.29, 0.717) is 0 Å². The molecule has 1 aliphatic rings. The van der Waals surface area contributed by atoms with Crippen LogP contribution in [0.3, 0.4) is 0 Å². The third-order valence-electron chi connectivity index (χ3n) is 3.17. The van der Waals surface area contributed by atoms with Crippen LogP contribution in [0, 0.1) is 0 Å². The minimum atomic E-state index is -0.184. The molecule has 2 N–H and O–H groups in total. The van der Waals surface area contributed by atoms with Gasteiger partial charge in [-0.3, -0.25) is 0 Å². The minimum absolute atomic E-state index is 0.0631. The van der Waals surface area contributed by atoms with E-state index in [4.69, 9.17) is 0 Å². The van der Waals surface area contributed by atoms with E-state index >= 15 is 0 Å². The second-order valence-corrected chi connectivity index (χ2v) is 6.06. The molecule has 0 aromatic heterocycles. The maximum atomic E-state index is 11.8. The summed E-state index contributed by atoms with van der Waals surface area (Å²) < 4.78 is 0. The first-order valence-corrected chi connectivity index (χ1v) is 6.59. The Hall–Kier alpha value is -1.51. The van der Waals surface area contributed by atoms with E-state index in [0.717, 1.165) is 19.3 Å². The molecule has 0 saturated carbocycles. The van der Waals surface area contributed by atoms with Gasteiger partial charge < -0.3 is 10.6 Å². The fraction of sp³-hybridized carbons (Fsp3) is 0.533. The van der Waals surface area contributed by atoms with Crippen molar-refractivity contribution in [3.8, 4) is 0 Å². The van der Waals surface area contributed by atoms with E-state index in [1.165, 1.54) is 11.1 Å². The zero-order chi connectivity index (χ0) is 13.2. The van der Waals surface area contributed by atoms with Crippen molar-refractivity contribution in [3.63, 3.8) is 0 Å². The maximum absolute atomic E-state index is 11.8. The lowest BCUT2D eigenvalue weighted by atomic mass is 9.88. The zero-order valence-electron chi connectivity index (χ0n) is 11.4. The summed E-state index contributed by atoms with van der Waals surface area (Å²) in [4.78, 5) is 11.8. The van der Waals surface area contributed by atoms with Crippen LogP contribution in [0.15, 0.2) is 24.3 Å². The predicted molar refractivity (Wildman–Crippen MR) is 73.7 cm³/mol. The number of carbonyl (C=O) groups excluding carboxylic acids is 1. The number of carbonyl (C=O) groups is 1. The molecular formula is C15H22N2O. The van der Waals surface area contributed by atoms with Gasteiger partial charge in [-0.25, -0.2) is 4.79 Å². The van der Waals surface area contributed by atoms with Gasteiger partial charge in [-0.1, -0.05) is 24.3 Å². The quantitative estimate of drug-likeness (QED) is 0.786. The summed E-state index contributed by atoms with van der Waals surface area (Å²) in [7, 11) is 0. The van der Waals surface area contributed by atoms with Gasteiger partial charge in [-0.15, -0.1) is 0 Å². The normalized spacial score (nSPS) is 18.9. The van der Waals surface area contributed by atoms with Crippen molar-refractivity contribution < 1.29 is 4.79 Å². The molecule has 0 spiro atoms. The van der Waals surface area contributed by atoms with Gasteiger partial charge >= 0.3 is 6.03 Å². The summed E-state index contributed by atoms with van der Waals surface area (Å²) in [5.41, 5.74) is 2.60. The average Bonchev–Trinajstić information content (AvgIpc) is 2.26. The second kappa shape index (κ2) is 5.01. The summed E-state index contributed by atoms with van der Waals surface area (Å²) in [5.74, 6) is 0. The van der Waals surface area contributed by atoms with Crippen LogP contribution in [-0.2, 0) is 12.8 Å². The number of aryl methyl sites for hydroxylation is 1. The molecular weight excluding hydrogens is 224 g/mol. The lowest BCUT2D eigenvalue weighted by Gasteiger charge is -2.28. The average molecular weight is 246 g/mol. The van der Waals surface area contributed by atoms with Crippen LogP contribution in [0.25, 0.3) is 0 Å². The van der Waals surface area contributed by atoms with E-state index in [-0.39, 0.29) is 17.6 Å². The Labute approximate surface area is 109 Å². The van der Waals surface area contributed by atoms with E-state index in [1.807, 2.05) is 20.8 Å². The van der Waals surface area contributed by atoms with Gasteiger partial charge in [0.15, 0.2) is 0 Å². The Morgan fingerprint density at radius 3 is 2.56 bits per heavy atom. The molecule has 0 saturated heterocycles. The molecule has 98 valence electrons. The highest BCUT2D eigenvalue weighted by Crippen LogP contribution is 2.20. The molecule has 0 heterocycles. The molecule has 2 amide bonds. The molecule has 18 heavy (non-hydrogen) atoms. The molecule has 1 aliphatic carbocycles. The molecule has 1 atom stereocenters. The number of hydrogen-bond donors (Lipinski definition) is 2. The topological polar surface area (TPSA) is 41.1 Å². The van der Waals surface area contributed by atoms with Crippen molar-refractivity contribution in [2.24, 2.45) is 0 Å². The molecule has 1 aromatic rings. The van der Waals surface area contributed by atoms with Gasteiger partial charge in [0.25, 0.3) is 0 Å². The Morgan fingerprint density at radius 2 is 1.89 bits per heavy atom. The van der Waals surface area contributed by atoms with Crippen molar-refractivity contribution in [3.05, 3.63) is 35.4 Å². The molecule has 1 unspecified atom stereocenters. The molecule has 3 nitrogen and oxygen atoms in total. The first-order valence-electron chi connectivity index (χ1n) is 6.59. The number of rotatable bonds is 1. The Bertz CT molecular complexity index is 434. The van der Waals surface area contributed by atoms with Gasteiger partial charge in [0.2, 0.25) is 0 Å². The van der Waals surface area contributed by atoms with Crippen molar-refractivity contribution in [1.29, 1.82) is 0 Å². The van der Waals surface area contributed by atoms with E-state index in [1.54, 1.807) is 0 Å². The summed E-state index contributed by atoms with van der Waals surface area (Å²) in [5, 5.41) is 6.01. The summed E-state index contributed by atoms with van der Waals surface area (Å²) in [6.07, 6.45) is 3.01. The van der Waals surface area contributed by atoms with Crippen LogP contribution in [0.4, 0.5) is 4.79 Å². The molecule has 0 bridgehead atoms. The maximum Gasteiger partial charge on any atom is 0.315 e. The molecule has 0 radical (unpaired) electrons. The fourth-order valence-electron chi connectivity index (χ4n) is 2.38. The number of hydrogen-bond acceptors (Lipinski definition) is 1. The third kappa shape index (κ3) is 3.49. The standard InChI is InChI=1S/C15H22N2O/c1-15(2,3)17-14(18)16-13-9-8-11-6-4-5-7-12(11)10-13/h4-7,13H,8-10H2,1-3H3,(H2,16,17,18). The highest BCUT2D eigenvalue weighted by atomic mass is 16.2. The Kier molecular flexibility index (Phi) is 3.60. The number of urea groups is 1. The molecule has 3 heteroatoms. The van der Waals surface area contributed by atoms with E-state index < -0.39 is 0 Å². The van der Waals surface area contributed by atoms with Gasteiger partial charge in [0, 0.05) is 11.6 Å². The zero-order valence-corrected chi connectivity index (χ0v) is 11.4. The van der Waals surface area contributed by atoms with Crippen LogP contribution in [0.1, 0.15) is 38.3 Å². The first kappa shape index (κ1) is 12.9. The van der Waals surface area contributed by atoms with Crippen LogP contribution < -0.4 is 10.6 Å². The SMILES string of the molecule is CC(C)(C)NC(=O)NC1CCc2ccccc2C1. The first-order chi connectivity index (χ1) is 8.44. The molecule has 0 aliphatic heterocycles. The number of fused-ring (bicyclic) bond motifs is 1. The molecule has 1 aromatic carbocycles. The highest BCUT2D eigenvalue weighted by Gasteiger charge is 2.21. The van der Waals surface area contributed by atoms with Gasteiger partial charge in [-0.2, -0.15) is 0 Å². The van der Waals surface area contributed by atoms with E-state index in [2.05, 4.69) is 34.9 Å². The van der Waals surface area contributed by atoms with Crippen LogP contribution >= 0.6 is 0 Å². The van der Waals surface area contributed by atoms with Crippen LogP contribution in [0.5, 0.6) is 0 Å². The predicted octanol–water partition coefficient (Wildman–Crippen LogP) is 2.64. The van der Waals surface area contributed by atoms with Crippen molar-refractivity contribution >= 4 is 6.03 Å². The summed E-state index contributed by atoms with van der Waals surface area (Å²) >= 11 is 0. The van der Waals surface area contributed by atoms with Gasteiger partial charge in [0.05, 0.1) is 0 Å². The minimum Gasteiger partial charge on any atom is -0.335 e. The fourth-order valence-corrected chi connectivity index (χ4v) is 2.38. The van der Waals surface area contributed by atoms with Crippen LogP contribution in [-0.4, -0.2) is 17.6 Å². The lowest BCUT2D eigenvalue weighted by Crippen LogP contribution is -2.50. The largest absolute Gasteiger partial charge is 0.335 e. The third-order valence-corrected chi connectivity index (χ3v) is 3.17. The van der Waals surface area contributed by atoms with E-state index in [9.17, 15) is 4.79 Å². The van der Waals surface area contributed by atoms with Crippen molar-refractivity contribution in [2.75, 3.05) is 0 Å². The second-order valence-electron chi connectivity index (χ2n) is 6.06. The number of nitrogens with one attached hydrogen (secondary N) is 2. The summed E-state index contributed by atoms with van der Waals surface area (Å²) in [6.45, 7) is 5.97. The van der Waals surface area contributed by atoms with Gasteiger partial charge in [0.1, 0.15) is 0 Å². The number of amides is 2. The van der Waals surface area contributed by atoms with Gasteiger partial charge in [-0.05, 0) is 51.2 Å². The smallest absolute Gasteiger partial charge is 0.315 e. The van der Waals surface area contributed by atoms with Crippen molar-refractivity contribution in [2.45, 2.75) is 51.6 Å². The summed E-state index contributed by atoms with van der Waals surface area (Å²) in [6, 6.07) is 8.68. The molecule has 2 rings (SSSR count). The monoisotopic (exact) mass is 246 g/mol. The van der Waals surface area contributed by atoms with Crippen LogP contribution in [0.2, 0.25) is 0 Å². The lowest BCUT2D eigenvalue weighted by molar-refractivity contribution is 0.226.